The lowest BCUT2D eigenvalue weighted by Crippen LogP contribution is -2.48. The number of piperidine rings is 2. The largest absolute Gasteiger partial charge is 0.338 e. The van der Waals surface area contributed by atoms with Crippen LogP contribution in [0, 0.1) is 0 Å². The number of ether oxygens (including phenoxy) is 2. The van der Waals surface area contributed by atoms with Crippen molar-refractivity contribution in [3.8, 4) is 0 Å². The second kappa shape index (κ2) is 12.0. The maximum absolute atomic E-state index is 13.9. The van der Waals surface area contributed by atoms with Crippen LogP contribution >= 0.6 is 0 Å². The fraction of sp³-hybridized carbons (Fsp3) is 0.393. The highest BCUT2D eigenvalue weighted by Gasteiger charge is 2.44. The second-order valence-corrected chi connectivity index (χ2v) is 8.96. The van der Waals surface area contributed by atoms with E-state index in [9.17, 15) is 24.0 Å². The maximum Gasteiger partial charge on any atom is 0.261 e. The van der Waals surface area contributed by atoms with E-state index in [2.05, 4.69) is 0 Å². The molecule has 2 aromatic rings. The summed E-state index contributed by atoms with van der Waals surface area (Å²) >= 11 is 0. The lowest BCUT2D eigenvalue weighted by atomic mass is 9.95. The molecule has 0 bridgehead atoms. The zero-order valence-electron chi connectivity index (χ0n) is 20.6. The first-order valence-corrected chi connectivity index (χ1v) is 12.5. The normalized spacial score (nSPS) is 16.9. The van der Waals surface area contributed by atoms with Gasteiger partial charge in [-0.3, -0.25) is 33.8 Å². The number of likely N-dealkylation sites (tertiary alicyclic amines) is 2. The van der Waals surface area contributed by atoms with E-state index >= 15 is 0 Å². The quantitative estimate of drug-likeness (QED) is 0.262. The molecule has 0 aliphatic carbocycles. The van der Waals surface area contributed by atoms with E-state index in [-0.39, 0.29) is 75.6 Å². The molecular weight excluding hydrogens is 476 g/mol. The molecular formula is C28H30N2O7. The minimum absolute atomic E-state index is 0.0270. The number of hydrogen-bond acceptors (Lipinski definition) is 7. The van der Waals surface area contributed by atoms with Gasteiger partial charge in [0.2, 0.25) is 29.4 Å². The Bertz CT molecular complexity index is 1070. The van der Waals surface area contributed by atoms with E-state index < -0.39 is 11.6 Å². The number of nitrogens with zero attached hydrogens (tertiary/aromatic N) is 2. The van der Waals surface area contributed by atoms with Crippen LogP contribution < -0.4 is 0 Å². The molecule has 0 spiro atoms. The average Bonchev–Trinajstić information content (AvgIpc) is 2.91. The van der Waals surface area contributed by atoms with Crippen LogP contribution in [0.15, 0.2) is 60.7 Å². The van der Waals surface area contributed by atoms with E-state index in [0.29, 0.717) is 24.0 Å². The molecule has 37 heavy (non-hydrogen) atoms. The summed E-state index contributed by atoms with van der Waals surface area (Å²) in [6.07, 6.45) is 2.18. The maximum atomic E-state index is 13.9. The van der Waals surface area contributed by atoms with E-state index in [4.69, 9.17) is 9.47 Å². The molecule has 2 aliphatic heterocycles. The van der Waals surface area contributed by atoms with Crippen LogP contribution in [0.1, 0.15) is 54.4 Å². The Morgan fingerprint density at radius 1 is 0.649 bits per heavy atom. The summed E-state index contributed by atoms with van der Waals surface area (Å²) in [5.41, 5.74) is 0.748. The lowest BCUT2D eigenvalue weighted by Gasteiger charge is -2.35. The molecule has 0 saturated carbocycles. The number of rotatable bonds is 11. The van der Waals surface area contributed by atoms with Crippen molar-refractivity contribution in [2.24, 2.45) is 0 Å². The molecule has 2 heterocycles. The van der Waals surface area contributed by atoms with Gasteiger partial charge in [-0.05, 0) is 12.8 Å². The average molecular weight is 507 g/mol. The number of Topliss-reactive ketones (excluding diaryl/α,β-unsaturated/α-hetero) is 1. The Labute approximate surface area is 215 Å². The van der Waals surface area contributed by atoms with Crippen molar-refractivity contribution in [1.82, 2.24) is 9.80 Å². The molecule has 4 amide bonds. The van der Waals surface area contributed by atoms with Gasteiger partial charge in [0.1, 0.15) is 0 Å². The van der Waals surface area contributed by atoms with Gasteiger partial charge in [-0.25, -0.2) is 0 Å². The standard InChI is InChI=1S/C28H30N2O7/c31-23-13-7-14-24(32)29(23)17-19-36-28(22-11-5-2-6-12-22,27(35)21-9-3-1-4-10-21)37-20-18-30-25(33)15-8-16-26(30)34/h1-6,9-12H,7-8,13-20H2. The predicted molar refractivity (Wildman–Crippen MR) is 132 cm³/mol. The van der Waals surface area contributed by atoms with Gasteiger partial charge >= 0.3 is 0 Å². The highest BCUT2D eigenvalue weighted by Crippen LogP contribution is 2.32. The van der Waals surface area contributed by atoms with Gasteiger partial charge in [-0.15, -0.1) is 0 Å². The van der Waals surface area contributed by atoms with Crippen molar-refractivity contribution in [2.45, 2.75) is 44.3 Å². The summed E-state index contributed by atoms with van der Waals surface area (Å²) < 4.78 is 12.3. The van der Waals surface area contributed by atoms with Crippen LogP contribution in [0.4, 0.5) is 0 Å². The van der Waals surface area contributed by atoms with Crippen LogP contribution in [0.2, 0.25) is 0 Å². The summed E-state index contributed by atoms with van der Waals surface area (Å²) in [6.45, 7) is -0.347. The van der Waals surface area contributed by atoms with Crippen LogP contribution in [-0.4, -0.2) is 65.5 Å². The van der Waals surface area contributed by atoms with Gasteiger partial charge in [0.25, 0.3) is 5.79 Å². The second-order valence-electron chi connectivity index (χ2n) is 8.96. The molecule has 0 N–H and O–H groups in total. The third-order valence-electron chi connectivity index (χ3n) is 6.50. The predicted octanol–water partition coefficient (Wildman–Crippen LogP) is 2.83. The summed E-state index contributed by atoms with van der Waals surface area (Å²) in [7, 11) is 0. The number of carbonyl (C=O) groups excluding carboxylic acids is 5. The topological polar surface area (TPSA) is 110 Å². The summed E-state index contributed by atoms with van der Waals surface area (Å²) in [4.78, 5) is 65.3. The molecule has 2 saturated heterocycles. The molecule has 9 nitrogen and oxygen atoms in total. The SMILES string of the molecule is O=C1CCCC(=O)N1CCOC(OCCN1C(=O)CCCC1=O)(C(=O)c1ccccc1)c1ccccc1. The first-order valence-electron chi connectivity index (χ1n) is 12.5. The Kier molecular flexibility index (Phi) is 8.58. The van der Waals surface area contributed by atoms with Crippen molar-refractivity contribution >= 4 is 29.4 Å². The van der Waals surface area contributed by atoms with Crippen LogP contribution in [-0.2, 0) is 34.4 Å². The third kappa shape index (κ3) is 6.00. The molecule has 0 atom stereocenters. The van der Waals surface area contributed by atoms with Gasteiger partial charge in [-0.1, -0.05) is 60.7 Å². The zero-order chi connectivity index (χ0) is 26.3. The van der Waals surface area contributed by atoms with Crippen molar-refractivity contribution in [2.75, 3.05) is 26.3 Å². The minimum atomic E-state index is -1.92. The number of benzene rings is 2. The van der Waals surface area contributed by atoms with Gasteiger partial charge < -0.3 is 9.47 Å². The van der Waals surface area contributed by atoms with Gasteiger partial charge in [0.15, 0.2) is 0 Å². The molecule has 0 aromatic heterocycles. The fourth-order valence-electron chi connectivity index (χ4n) is 4.57. The van der Waals surface area contributed by atoms with E-state index in [1.807, 2.05) is 0 Å². The van der Waals surface area contributed by atoms with Gasteiger partial charge in [-0.2, -0.15) is 0 Å². The Morgan fingerprint density at radius 2 is 1.05 bits per heavy atom. The fourth-order valence-corrected chi connectivity index (χ4v) is 4.57. The summed E-state index contributed by atoms with van der Waals surface area (Å²) in [5, 5.41) is 0. The summed E-state index contributed by atoms with van der Waals surface area (Å²) in [6, 6.07) is 17.2. The van der Waals surface area contributed by atoms with E-state index in [1.54, 1.807) is 60.7 Å². The minimum Gasteiger partial charge on any atom is -0.338 e. The molecule has 0 radical (unpaired) electrons. The van der Waals surface area contributed by atoms with Gasteiger partial charge in [0.05, 0.1) is 26.3 Å². The molecule has 2 aromatic carbocycles. The molecule has 0 unspecified atom stereocenters. The van der Waals surface area contributed by atoms with E-state index in [1.165, 1.54) is 0 Å². The van der Waals surface area contributed by atoms with Gasteiger partial charge in [0, 0.05) is 36.8 Å². The third-order valence-corrected chi connectivity index (χ3v) is 6.50. The van der Waals surface area contributed by atoms with Crippen molar-refractivity contribution < 1.29 is 33.4 Å². The van der Waals surface area contributed by atoms with Crippen molar-refractivity contribution in [1.29, 1.82) is 0 Å². The Balaban J connectivity index is 1.61. The van der Waals surface area contributed by atoms with Crippen LogP contribution in [0.5, 0.6) is 0 Å². The van der Waals surface area contributed by atoms with E-state index in [0.717, 1.165) is 9.80 Å². The highest BCUT2D eigenvalue weighted by atomic mass is 16.7. The molecule has 2 aliphatic rings. The van der Waals surface area contributed by atoms with Crippen molar-refractivity contribution in [3.63, 3.8) is 0 Å². The number of ketones is 1. The number of imide groups is 2. The van der Waals surface area contributed by atoms with Crippen molar-refractivity contribution in [3.05, 3.63) is 71.8 Å². The first kappa shape index (κ1) is 26.4. The van der Waals surface area contributed by atoms with Crippen LogP contribution in [0.25, 0.3) is 0 Å². The lowest BCUT2D eigenvalue weighted by molar-refractivity contribution is -0.213. The Morgan fingerprint density at radius 3 is 1.49 bits per heavy atom. The monoisotopic (exact) mass is 506 g/mol. The first-order chi connectivity index (χ1) is 17.9. The molecule has 4 rings (SSSR count). The zero-order valence-corrected chi connectivity index (χ0v) is 20.6. The molecule has 9 heteroatoms. The molecule has 2 fully saturated rings. The molecule has 194 valence electrons. The number of hydrogen-bond donors (Lipinski definition) is 0. The number of amides is 4. The summed E-state index contributed by atoms with van der Waals surface area (Å²) in [5.74, 6) is -3.51. The smallest absolute Gasteiger partial charge is 0.261 e. The number of carbonyl (C=O) groups is 5. The highest BCUT2D eigenvalue weighted by molar-refractivity contribution is 6.02. The van der Waals surface area contributed by atoms with Crippen LogP contribution in [0.3, 0.4) is 0 Å². The Hall–Kier alpha value is -3.69.